The van der Waals surface area contributed by atoms with E-state index in [0.29, 0.717) is 10.9 Å². The summed E-state index contributed by atoms with van der Waals surface area (Å²) in [5, 5.41) is 28.4. The Morgan fingerprint density at radius 1 is 1.44 bits per heavy atom. The van der Waals surface area contributed by atoms with Gasteiger partial charge in [-0.3, -0.25) is 0 Å². The summed E-state index contributed by atoms with van der Waals surface area (Å²) in [5.41, 5.74) is 0.410. The van der Waals surface area contributed by atoms with Crippen LogP contribution in [0.2, 0.25) is 0 Å². The predicted molar refractivity (Wildman–Crippen MR) is 60.8 cm³/mol. The lowest BCUT2D eigenvalue weighted by molar-refractivity contribution is -0.146. The van der Waals surface area contributed by atoms with Gasteiger partial charge in [0.15, 0.2) is 6.10 Å². The van der Waals surface area contributed by atoms with Crippen LogP contribution in [-0.2, 0) is 4.79 Å². The molecule has 0 saturated heterocycles. The highest BCUT2D eigenvalue weighted by molar-refractivity contribution is 7.19. The van der Waals surface area contributed by atoms with Gasteiger partial charge in [-0.25, -0.2) is 4.79 Å². The zero-order valence-electron chi connectivity index (χ0n) is 8.47. The normalized spacial score (nSPS) is 12.9. The van der Waals surface area contributed by atoms with Gasteiger partial charge in [0.1, 0.15) is 5.75 Å². The van der Waals surface area contributed by atoms with Crippen molar-refractivity contribution in [3.05, 3.63) is 28.6 Å². The molecule has 0 aliphatic carbocycles. The zero-order valence-corrected chi connectivity index (χ0v) is 9.28. The number of aliphatic hydroxyl groups is 1. The number of hydrogen-bond donors (Lipinski definition) is 3. The van der Waals surface area contributed by atoms with E-state index in [2.05, 4.69) is 0 Å². The Bertz CT molecular complexity index is 558. The molecule has 0 amide bonds. The highest BCUT2D eigenvalue weighted by atomic mass is 32.1. The van der Waals surface area contributed by atoms with E-state index >= 15 is 0 Å². The van der Waals surface area contributed by atoms with Gasteiger partial charge >= 0.3 is 5.97 Å². The van der Waals surface area contributed by atoms with E-state index in [1.807, 2.05) is 0 Å². The summed E-state index contributed by atoms with van der Waals surface area (Å²) in [4.78, 5) is 11.5. The second-order valence-corrected chi connectivity index (χ2v) is 4.75. The SMILES string of the molecule is Cc1sc2cc(O)ccc2c1C(O)C(=O)O. The standard InChI is InChI=1S/C11H10O4S/c1-5-9(10(13)11(14)15)7-3-2-6(12)4-8(7)16-5/h2-4,10,12-13H,1H3,(H,14,15). The summed E-state index contributed by atoms with van der Waals surface area (Å²) in [6, 6.07) is 4.66. The van der Waals surface area contributed by atoms with Gasteiger partial charge in [0, 0.05) is 15.1 Å². The molecule has 1 atom stereocenters. The first-order valence-corrected chi connectivity index (χ1v) is 5.45. The molecule has 1 aromatic carbocycles. The van der Waals surface area contributed by atoms with Crippen LogP contribution in [0.5, 0.6) is 5.75 Å². The molecule has 0 bridgehead atoms. The van der Waals surface area contributed by atoms with E-state index in [0.717, 1.165) is 9.58 Å². The van der Waals surface area contributed by atoms with Crippen LogP contribution in [0.15, 0.2) is 18.2 Å². The van der Waals surface area contributed by atoms with E-state index in [4.69, 9.17) is 5.11 Å². The fourth-order valence-electron chi connectivity index (χ4n) is 1.69. The number of aryl methyl sites for hydroxylation is 1. The van der Waals surface area contributed by atoms with E-state index in [9.17, 15) is 15.0 Å². The Kier molecular flexibility index (Phi) is 2.57. The third-order valence-corrected chi connectivity index (χ3v) is 3.49. The van der Waals surface area contributed by atoms with Crippen molar-refractivity contribution in [3.63, 3.8) is 0 Å². The van der Waals surface area contributed by atoms with Crippen LogP contribution in [-0.4, -0.2) is 21.3 Å². The number of fused-ring (bicyclic) bond motifs is 1. The number of aliphatic hydroxyl groups excluding tert-OH is 1. The van der Waals surface area contributed by atoms with E-state index in [1.165, 1.54) is 17.4 Å². The highest BCUT2D eigenvalue weighted by Crippen LogP contribution is 2.36. The minimum absolute atomic E-state index is 0.130. The molecule has 5 heteroatoms. The summed E-state index contributed by atoms with van der Waals surface area (Å²) in [6.07, 6.45) is -1.52. The van der Waals surface area contributed by atoms with Crippen LogP contribution >= 0.6 is 11.3 Å². The van der Waals surface area contributed by atoms with E-state index < -0.39 is 12.1 Å². The van der Waals surface area contributed by atoms with E-state index in [1.54, 1.807) is 19.1 Å². The number of aromatic hydroxyl groups is 1. The molecule has 0 aliphatic rings. The monoisotopic (exact) mass is 238 g/mol. The molecular weight excluding hydrogens is 228 g/mol. The largest absolute Gasteiger partial charge is 0.508 e. The summed E-state index contributed by atoms with van der Waals surface area (Å²) < 4.78 is 0.771. The molecule has 84 valence electrons. The Hall–Kier alpha value is -1.59. The lowest BCUT2D eigenvalue weighted by Crippen LogP contribution is -2.10. The van der Waals surface area contributed by atoms with Crippen molar-refractivity contribution in [2.45, 2.75) is 13.0 Å². The number of carboxylic acids is 1. The number of thiophene rings is 1. The molecule has 0 radical (unpaired) electrons. The molecule has 2 rings (SSSR count). The minimum atomic E-state index is -1.52. The second kappa shape index (κ2) is 3.77. The molecule has 0 aliphatic heterocycles. The predicted octanol–water partition coefficient (Wildman–Crippen LogP) is 2.03. The van der Waals surface area contributed by atoms with Crippen molar-refractivity contribution in [3.8, 4) is 5.75 Å². The van der Waals surface area contributed by atoms with Crippen LogP contribution in [0.4, 0.5) is 0 Å². The first-order chi connectivity index (χ1) is 7.50. The quantitative estimate of drug-likeness (QED) is 0.748. The van der Waals surface area contributed by atoms with Crippen molar-refractivity contribution < 1.29 is 20.1 Å². The number of phenolic OH excluding ortho intramolecular Hbond substituents is 1. The molecule has 0 saturated carbocycles. The number of carbonyl (C=O) groups is 1. The Morgan fingerprint density at radius 3 is 2.75 bits per heavy atom. The smallest absolute Gasteiger partial charge is 0.337 e. The minimum Gasteiger partial charge on any atom is -0.508 e. The van der Waals surface area contributed by atoms with Crippen LogP contribution in [0, 0.1) is 6.92 Å². The molecule has 1 aromatic heterocycles. The average molecular weight is 238 g/mol. The Balaban J connectivity index is 2.69. The van der Waals surface area contributed by atoms with Crippen molar-refractivity contribution in [1.82, 2.24) is 0 Å². The van der Waals surface area contributed by atoms with Gasteiger partial charge in [-0.2, -0.15) is 0 Å². The van der Waals surface area contributed by atoms with Gasteiger partial charge in [-0.1, -0.05) is 0 Å². The molecule has 16 heavy (non-hydrogen) atoms. The van der Waals surface area contributed by atoms with Gasteiger partial charge in [0.2, 0.25) is 0 Å². The molecule has 4 nitrogen and oxygen atoms in total. The lowest BCUT2D eigenvalue weighted by atomic mass is 10.1. The third kappa shape index (κ3) is 1.64. The first-order valence-electron chi connectivity index (χ1n) is 4.63. The average Bonchev–Trinajstić information content (AvgIpc) is 2.51. The summed E-state index contributed by atoms with van der Waals surface area (Å²) in [5.74, 6) is -1.14. The third-order valence-electron chi connectivity index (χ3n) is 2.41. The highest BCUT2D eigenvalue weighted by Gasteiger charge is 2.22. The van der Waals surface area contributed by atoms with Gasteiger partial charge in [0.25, 0.3) is 0 Å². The fourth-order valence-corrected chi connectivity index (χ4v) is 2.82. The van der Waals surface area contributed by atoms with Crippen molar-refractivity contribution >= 4 is 27.4 Å². The number of rotatable bonds is 2. The van der Waals surface area contributed by atoms with E-state index in [-0.39, 0.29) is 5.75 Å². The van der Waals surface area contributed by atoms with Gasteiger partial charge < -0.3 is 15.3 Å². The fraction of sp³-hybridized carbons (Fsp3) is 0.182. The second-order valence-electron chi connectivity index (χ2n) is 3.49. The number of aliphatic carboxylic acids is 1. The maximum absolute atomic E-state index is 10.8. The maximum Gasteiger partial charge on any atom is 0.337 e. The molecule has 0 spiro atoms. The van der Waals surface area contributed by atoms with Gasteiger partial charge in [-0.15, -0.1) is 11.3 Å². The summed E-state index contributed by atoms with van der Waals surface area (Å²) in [7, 11) is 0. The summed E-state index contributed by atoms with van der Waals surface area (Å²) >= 11 is 1.36. The number of hydrogen-bond acceptors (Lipinski definition) is 4. The summed E-state index contributed by atoms with van der Waals surface area (Å²) in [6.45, 7) is 1.75. The lowest BCUT2D eigenvalue weighted by Gasteiger charge is -2.05. The van der Waals surface area contributed by atoms with Crippen LogP contribution < -0.4 is 0 Å². The zero-order chi connectivity index (χ0) is 11.9. The van der Waals surface area contributed by atoms with Crippen LogP contribution in [0.3, 0.4) is 0 Å². The number of carboxylic acid groups (broad SMARTS) is 1. The Morgan fingerprint density at radius 2 is 2.12 bits per heavy atom. The molecule has 3 N–H and O–H groups in total. The number of phenols is 1. The molecule has 1 unspecified atom stereocenters. The molecule has 0 fully saturated rings. The first kappa shape index (κ1) is 10.9. The van der Waals surface area contributed by atoms with Crippen molar-refractivity contribution in [2.75, 3.05) is 0 Å². The molecule has 1 heterocycles. The van der Waals surface area contributed by atoms with Gasteiger partial charge in [-0.05, 0) is 30.5 Å². The van der Waals surface area contributed by atoms with Crippen molar-refractivity contribution in [2.24, 2.45) is 0 Å². The number of benzene rings is 1. The van der Waals surface area contributed by atoms with Crippen LogP contribution in [0.25, 0.3) is 10.1 Å². The van der Waals surface area contributed by atoms with Crippen molar-refractivity contribution in [1.29, 1.82) is 0 Å². The Labute approximate surface area is 95.4 Å². The molecular formula is C11H10O4S. The van der Waals surface area contributed by atoms with Gasteiger partial charge in [0.05, 0.1) is 0 Å². The molecule has 2 aromatic rings. The van der Waals surface area contributed by atoms with Crippen LogP contribution in [0.1, 0.15) is 16.5 Å². The topological polar surface area (TPSA) is 77.8 Å². The maximum atomic E-state index is 10.8.